The highest BCUT2D eigenvalue weighted by molar-refractivity contribution is 7.89. The van der Waals surface area contributed by atoms with Crippen molar-refractivity contribution >= 4 is 10.0 Å². The van der Waals surface area contributed by atoms with Crippen molar-refractivity contribution in [1.29, 1.82) is 5.26 Å². The molecular formula is C12H9N3O2S. The van der Waals surface area contributed by atoms with E-state index in [2.05, 4.69) is 4.98 Å². The zero-order valence-corrected chi connectivity index (χ0v) is 10.1. The molecule has 5 nitrogen and oxygen atoms in total. The van der Waals surface area contributed by atoms with E-state index in [1.165, 1.54) is 12.3 Å². The summed E-state index contributed by atoms with van der Waals surface area (Å²) >= 11 is 0. The van der Waals surface area contributed by atoms with Crippen LogP contribution in [0.4, 0.5) is 0 Å². The summed E-state index contributed by atoms with van der Waals surface area (Å²) in [6, 6.07) is 11.4. The van der Waals surface area contributed by atoms with Gasteiger partial charge in [-0.3, -0.25) is 4.98 Å². The van der Waals surface area contributed by atoms with Crippen LogP contribution in [0.25, 0.3) is 11.3 Å². The van der Waals surface area contributed by atoms with Crippen LogP contribution in [0.15, 0.2) is 47.5 Å². The summed E-state index contributed by atoms with van der Waals surface area (Å²) in [4.78, 5) is 4.07. The maximum Gasteiger partial charge on any atom is 0.238 e. The van der Waals surface area contributed by atoms with Gasteiger partial charge in [-0.1, -0.05) is 18.2 Å². The molecule has 0 unspecified atom stereocenters. The van der Waals surface area contributed by atoms with Crippen molar-refractivity contribution in [3.05, 3.63) is 48.2 Å². The molecule has 0 saturated carbocycles. The van der Waals surface area contributed by atoms with Crippen LogP contribution < -0.4 is 5.14 Å². The lowest BCUT2D eigenvalue weighted by Crippen LogP contribution is -2.13. The van der Waals surface area contributed by atoms with Crippen molar-refractivity contribution in [1.82, 2.24) is 4.98 Å². The monoisotopic (exact) mass is 259 g/mol. The number of nitriles is 1. The Morgan fingerprint density at radius 1 is 1.17 bits per heavy atom. The third-order valence-corrected chi connectivity index (χ3v) is 3.33. The molecule has 0 fully saturated rings. The molecule has 0 radical (unpaired) electrons. The van der Waals surface area contributed by atoms with Gasteiger partial charge in [-0.2, -0.15) is 5.26 Å². The number of aromatic nitrogens is 1. The van der Waals surface area contributed by atoms with E-state index in [1.54, 1.807) is 30.3 Å². The Labute approximate surface area is 105 Å². The molecule has 0 bridgehead atoms. The maximum absolute atomic E-state index is 11.4. The van der Waals surface area contributed by atoms with E-state index in [4.69, 9.17) is 10.4 Å². The van der Waals surface area contributed by atoms with E-state index < -0.39 is 10.0 Å². The van der Waals surface area contributed by atoms with E-state index in [-0.39, 0.29) is 4.90 Å². The highest BCUT2D eigenvalue weighted by Gasteiger charge is 2.14. The van der Waals surface area contributed by atoms with Gasteiger partial charge < -0.3 is 0 Å². The van der Waals surface area contributed by atoms with Gasteiger partial charge in [0, 0.05) is 11.8 Å². The minimum absolute atomic E-state index is 0.0159. The fraction of sp³-hybridized carbons (Fsp3) is 0. The number of hydrogen-bond acceptors (Lipinski definition) is 4. The molecule has 0 spiro atoms. The Balaban J connectivity index is 2.61. The number of primary sulfonamides is 1. The molecule has 6 heteroatoms. The minimum Gasteiger partial charge on any atom is -0.255 e. The van der Waals surface area contributed by atoms with Crippen molar-refractivity contribution in [2.45, 2.75) is 4.90 Å². The van der Waals surface area contributed by atoms with E-state index in [0.717, 1.165) is 0 Å². The molecule has 0 aliphatic heterocycles. The number of rotatable bonds is 2. The molecule has 0 saturated heterocycles. The summed E-state index contributed by atoms with van der Waals surface area (Å²) < 4.78 is 22.9. The second kappa shape index (κ2) is 4.56. The van der Waals surface area contributed by atoms with Gasteiger partial charge >= 0.3 is 0 Å². The fourth-order valence-corrected chi connectivity index (χ4v) is 2.29. The molecular weight excluding hydrogens is 250 g/mol. The number of nitrogens with zero attached hydrogens (tertiary/aromatic N) is 2. The molecule has 0 aliphatic rings. The van der Waals surface area contributed by atoms with Gasteiger partial charge in [-0.25, -0.2) is 13.6 Å². The third kappa shape index (κ3) is 2.37. The van der Waals surface area contributed by atoms with E-state index in [9.17, 15) is 8.42 Å². The van der Waals surface area contributed by atoms with Crippen LogP contribution in [-0.4, -0.2) is 13.4 Å². The standard InChI is InChI=1S/C12H9N3O2S/c13-7-9-5-6-11(15-8-9)10-3-1-2-4-12(10)18(14,16)17/h1-6,8H,(H2,14,16,17). The summed E-state index contributed by atoms with van der Waals surface area (Å²) in [6.07, 6.45) is 1.38. The van der Waals surface area contributed by atoms with Crippen LogP contribution in [0, 0.1) is 11.3 Å². The van der Waals surface area contributed by atoms with E-state index in [0.29, 0.717) is 16.8 Å². The van der Waals surface area contributed by atoms with E-state index >= 15 is 0 Å². The average Bonchev–Trinajstić information content (AvgIpc) is 2.38. The SMILES string of the molecule is N#Cc1ccc(-c2ccccc2S(N)(=O)=O)nc1. The summed E-state index contributed by atoms with van der Waals surface area (Å²) in [5, 5.41) is 13.8. The predicted octanol–water partition coefficient (Wildman–Crippen LogP) is 1.27. The van der Waals surface area contributed by atoms with Crippen LogP contribution in [0.5, 0.6) is 0 Å². The number of benzene rings is 1. The highest BCUT2D eigenvalue weighted by Crippen LogP contribution is 2.24. The molecule has 18 heavy (non-hydrogen) atoms. The van der Waals surface area contributed by atoms with Crippen molar-refractivity contribution < 1.29 is 8.42 Å². The second-order valence-electron chi connectivity index (χ2n) is 3.59. The maximum atomic E-state index is 11.4. The first-order chi connectivity index (χ1) is 8.52. The van der Waals surface area contributed by atoms with Gasteiger partial charge in [0.15, 0.2) is 0 Å². The largest absolute Gasteiger partial charge is 0.255 e. The summed E-state index contributed by atoms with van der Waals surface area (Å²) in [6.45, 7) is 0. The molecule has 0 amide bonds. The average molecular weight is 259 g/mol. The first-order valence-corrected chi connectivity index (χ1v) is 6.55. The molecule has 1 heterocycles. The number of hydrogen-bond donors (Lipinski definition) is 1. The van der Waals surface area contributed by atoms with E-state index in [1.807, 2.05) is 6.07 Å². The molecule has 0 aliphatic carbocycles. The molecule has 2 N–H and O–H groups in total. The first-order valence-electron chi connectivity index (χ1n) is 5.01. The molecule has 0 atom stereocenters. The van der Waals surface area contributed by atoms with Gasteiger partial charge in [0.1, 0.15) is 6.07 Å². The van der Waals surface area contributed by atoms with Crippen molar-refractivity contribution in [3.63, 3.8) is 0 Å². The smallest absolute Gasteiger partial charge is 0.238 e. The molecule has 2 aromatic rings. The van der Waals surface area contributed by atoms with Crippen LogP contribution in [0.1, 0.15) is 5.56 Å². The zero-order valence-electron chi connectivity index (χ0n) is 9.24. The molecule has 1 aromatic heterocycles. The van der Waals surface area contributed by atoms with Gasteiger partial charge in [-0.05, 0) is 18.2 Å². The lowest BCUT2D eigenvalue weighted by atomic mass is 10.1. The minimum atomic E-state index is -3.80. The number of pyridine rings is 1. The topological polar surface area (TPSA) is 96.8 Å². The summed E-state index contributed by atoms with van der Waals surface area (Å²) in [5.41, 5.74) is 1.29. The Bertz CT molecular complexity index is 716. The van der Waals surface area contributed by atoms with Crippen molar-refractivity contribution in [2.24, 2.45) is 5.14 Å². The fourth-order valence-electron chi connectivity index (χ4n) is 1.55. The summed E-state index contributed by atoms with van der Waals surface area (Å²) in [7, 11) is -3.80. The lowest BCUT2D eigenvalue weighted by molar-refractivity contribution is 0.598. The van der Waals surface area contributed by atoms with Crippen LogP contribution in [-0.2, 0) is 10.0 Å². The molecule has 1 aromatic carbocycles. The lowest BCUT2D eigenvalue weighted by Gasteiger charge is -2.06. The molecule has 90 valence electrons. The first kappa shape index (κ1) is 12.2. The van der Waals surface area contributed by atoms with Gasteiger partial charge in [-0.15, -0.1) is 0 Å². The number of sulfonamides is 1. The normalized spacial score (nSPS) is 10.9. The predicted molar refractivity (Wildman–Crippen MR) is 65.8 cm³/mol. The van der Waals surface area contributed by atoms with Gasteiger partial charge in [0.25, 0.3) is 0 Å². The Morgan fingerprint density at radius 3 is 2.44 bits per heavy atom. The Kier molecular flexibility index (Phi) is 3.10. The van der Waals surface area contributed by atoms with Crippen LogP contribution >= 0.6 is 0 Å². The van der Waals surface area contributed by atoms with Crippen LogP contribution in [0.3, 0.4) is 0 Å². The molecule has 2 rings (SSSR count). The van der Waals surface area contributed by atoms with Gasteiger partial charge in [0.05, 0.1) is 16.2 Å². The highest BCUT2D eigenvalue weighted by atomic mass is 32.2. The van der Waals surface area contributed by atoms with Crippen LogP contribution in [0.2, 0.25) is 0 Å². The number of nitrogens with two attached hydrogens (primary N) is 1. The second-order valence-corrected chi connectivity index (χ2v) is 5.11. The Morgan fingerprint density at radius 2 is 1.89 bits per heavy atom. The zero-order chi connectivity index (χ0) is 13.2. The van der Waals surface area contributed by atoms with Gasteiger partial charge in [0.2, 0.25) is 10.0 Å². The Hall–Kier alpha value is -2.23. The summed E-state index contributed by atoms with van der Waals surface area (Å²) in [5.74, 6) is 0. The third-order valence-electron chi connectivity index (χ3n) is 2.36. The van der Waals surface area contributed by atoms with Crippen molar-refractivity contribution in [2.75, 3.05) is 0 Å². The quantitative estimate of drug-likeness (QED) is 0.878. The van der Waals surface area contributed by atoms with Crippen molar-refractivity contribution in [3.8, 4) is 17.3 Å².